The zero-order valence-corrected chi connectivity index (χ0v) is 23.6. The third-order valence-electron chi connectivity index (χ3n) is 8.11. The van der Waals surface area contributed by atoms with Crippen molar-refractivity contribution in [2.45, 2.75) is 19.4 Å². The highest BCUT2D eigenvalue weighted by atomic mass is 16.6. The van der Waals surface area contributed by atoms with E-state index in [0.717, 1.165) is 46.8 Å². The fraction of sp³-hybridized carbons (Fsp3) is 0.139. The van der Waals surface area contributed by atoms with Gasteiger partial charge in [-0.15, -0.1) is 0 Å². The van der Waals surface area contributed by atoms with Crippen LogP contribution in [0.2, 0.25) is 0 Å². The monoisotopic (exact) mass is 553 g/mol. The molecule has 0 atom stereocenters. The zero-order chi connectivity index (χ0) is 28.7. The SMILES string of the molecule is CCN(CC)c1ccc(Nc2ccc3c(c2Nc2ccccc2)C(=O)OC32c3ccccc3Oc3ccccc32)cc1. The Bertz CT molecular complexity index is 1730. The van der Waals surface area contributed by atoms with E-state index in [2.05, 4.69) is 53.6 Å². The van der Waals surface area contributed by atoms with Crippen molar-refractivity contribution in [3.05, 3.63) is 138 Å². The van der Waals surface area contributed by atoms with Crippen LogP contribution in [-0.2, 0) is 10.3 Å². The molecule has 0 bridgehead atoms. The lowest BCUT2D eigenvalue weighted by Gasteiger charge is -2.36. The number of esters is 1. The first-order chi connectivity index (χ1) is 20.6. The first-order valence-corrected chi connectivity index (χ1v) is 14.3. The summed E-state index contributed by atoms with van der Waals surface area (Å²) in [6, 6.07) is 37.8. The highest BCUT2D eigenvalue weighted by molar-refractivity contribution is 6.06. The van der Waals surface area contributed by atoms with Crippen molar-refractivity contribution in [3.8, 4) is 11.5 Å². The van der Waals surface area contributed by atoms with E-state index in [1.165, 1.54) is 5.69 Å². The second-order valence-electron chi connectivity index (χ2n) is 10.4. The topological polar surface area (TPSA) is 62.8 Å². The van der Waals surface area contributed by atoms with Crippen molar-refractivity contribution in [2.24, 2.45) is 0 Å². The Morgan fingerprint density at radius 3 is 1.88 bits per heavy atom. The number of fused-ring (bicyclic) bond motifs is 6. The number of anilines is 5. The van der Waals surface area contributed by atoms with Gasteiger partial charge in [0.25, 0.3) is 0 Å². The normalized spacial score (nSPS) is 13.8. The number of hydrogen-bond donors (Lipinski definition) is 2. The van der Waals surface area contributed by atoms with Gasteiger partial charge in [-0.3, -0.25) is 0 Å². The van der Waals surface area contributed by atoms with Gasteiger partial charge in [0.15, 0.2) is 5.60 Å². The van der Waals surface area contributed by atoms with Crippen LogP contribution in [0.3, 0.4) is 0 Å². The van der Waals surface area contributed by atoms with Gasteiger partial charge in [-0.25, -0.2) is 4.79 Å². The Morgan fingerprint density at radius 2 is 1.24 bits per heavy atom. The summed E-state index contributed by atoms with van der Waals surface area (Å²) in [4.78, 5) is 16.3. The summed E-state index contributed by atoms with van der Waals surface area (Å²) < 4.78 is 12.7. The highest BCUT2D eigenvalue weighted by Crippen LogP contribution is 2.57. The van der Waals surface area contributed by atoms with Crippen molar-refractivity contribution < 1.29 is 14.3 Å². The number of benzene rings is 5. The highest BCUT2D eigenvalue weighted by Gasteiger charge is 2.54. The minimum atomic E-state index is -1.13. The Balaban J connectivity index is 1.39. The number of carbonyl (C=O) groups excluding carboxylic acids is 1. The molecule has 7 rings (SSSR count). The molecule has 2 N–H and O–H groups in total. The maximum Gasteiger partial charge on any atom is 0.342 e. The van der Waals surface area contributed by atoms with Crippen LogP contribution >= 0.6 is 0 Å². The van der Waals surface area contributed by atoms with E-state index >= 15 is 0 Å². The number of rotatable bonds is 7. The number of carbonyl (C=O) groups is 1. The van der Waals surface area contributed by atoms with Crippen LogP contribution in [0.1, 0.15) is 40.9 Å². The van der Waals surface area contributed by atoms with Crippen LogP contribution in [0.5, 0.6) is 11.5 Å². The molecular formula is C36H31N3O3. The molecule has 0 radical (unpaired) electrons. The third-order valence-corrected chi connectivity index (χ3v) is 8.11. The van der Waals surface area contributed by atoms with Gasteiger partial charge in [-0.2, -0.15) is 0 Å². The Kier molecular flexibility index (Phi) is 6.31. The average Bonchev–Trinajstić information content (AvgIpc) is 3.33. The Morgan fingerprint density at radius 1 is 0.643 bits per heavy atom. The van der Waals surface area contributed by atoms with E-state index in [1.54, 1.807) is 0 Å². The van der Waals surface area contributed by atoms with E-state index in [4.69, 9.17) is 9.47 Å². The molecule has 0 amide bonds. The fourth-order valence-corrected chi connectivity index (χ4v) is 6.11. The molecule has 2 aliphatic heterocycles. The van der Waals surface area contributed by atoms with Gasteiger partial charge in [0.2, 0.25) is 0 Å². The summed E-state index contributed by atoms with van der Waals surface area (Å²) in [5, 5.41) is 7.10. The van der Waals surface area contributed by atoms with Gasteiger partial charge >= 0.3 is 5.97 Å². The second kappa shape index (κ2) is 10.3. The van der Waals surface area contributed by atoms with Crippen molar-refractivity contribution >= 4 is 34.4 Å². The van der Waals surface area contributed by atoms with Gasteiger partial charge in [0.1, 0.15) is 11.5 Å². The maximum atomic E-state index is 14.0. The van der Waals surface area contributed by atoms with Crippen LogP contribution < -0.4 is 20.3 Å². The summed E-state index contributed by atoms with van der Waals surface area (Å²) in [7, 11) is 0. The smallest absolute Gasteiger partial charge is 0.342 e. The van der Waals surface area contributed by atoms with E-state index in [-0.39, 0.29) is 0 Å². The quantitative estimate of drug-likeness (QED) is 0.197. The molecule has 42 heavy (non-hydrogen) atoms. The Hall–Kier alpha value is -5.23. The molecule has 5 aromatic carbocycles. The van der Waals surface area contributed by atoms with Gasteiger partial charge in [0.05, 0.1) is 16.9 Å². The first kappa shape index (κ1) is 25.7. The van der Waals surface area contributed by atoms with Crippen molar-refractivity contribution in [1.82, 2.24) is 0 Å². The average molecular weight is 554 g/mol. The lowest BCUT2D eigenvalue weighted by Crippen LogP contribution is -2.32. The van der Waals surface area contributed by atoms with E-state index in [9.17, 15) is 4.79 Å². The van der Waals surface area contributed by atoms with Gasteiger partial charge in [0, 0.05) is 46.8 Å². The molecule has 0 saturated carbocycles. The summed E-state index contributed by atoms with van der Waals surface area (Å²) in [5.74, 6) is 0.949. The molecule has 6 heteroatoms. The molecule has 0 saturated heterocycles. The predicted octanol–water partition coefficient (Wildman–Crippen LogP) is 8.59. The van der Waals surface area contributed by atoms with Crippen LogP contribution in [0, 0.1) is 0 Å². The van der Waals surface area contributed by atoms with E-state index in [1.807, 2.05) is 91.0 Å². The van der Waals surface area contributed by atoms with Crippen LogP contribution in [0.15, 0.2) is 115 Å². The molecule has 1 spiro atoms. The Labute approximate surface area is 245 Å². The molecule has 6 nitrogen and oxygen atoms in total. The maximum absolute atomic E-state index is 14.0. The van der Waals surface area contributed by atoms with E-state index in [0.29, 0.717) is 22.7 Å². The van der Waals surface area contributed by atoms with Crippen molar-refractivity contribution in [1.29, 1.82) is 0 Å². The molecule has 0 fully saturated rings. The van der Waals surface area contributed by atoms with Gasteiger partial charge < -0.3 is 25.0 Å². The van der Waals surface area contributed by atoms with Crippen LogP contribution in [0.4, 0.5) is 28.4 Å². The minimum absolute atomic E-state index is 0.393. The molecule has 0 unspecified atom stereocenters. The number of ether oxygens (including phenoxy) is 2. The van der Waals surface area contributed by atoms with Crippen LogP contribution in [0.25, 0.3) is 0 Å². The van der Waals surface area contributed by atoms with Gasteiger partial charge in [-0.1, -0.05) is 60.7 Å². The lowest BCUT2D eigenvalue weighted by molar-refractivity contribution is 0.0225. The second-order valence-corrected chi connectivity index (χ2v) is 10.4. The predicted molar refractivity (Wildman–Crippen MR) is 168 cm³/mol. The van der Waals surface area contributed by atoms with Crippen molar-refractivity contribution in [3.63, 3.8) is 0 Å². The molecular weight excluding hydrogens is 522 g/mol. The molecule has 0 aliphatic carbocycles. The summed E-state index contributed by atoms with van der Waals surface area (Å²) in [6.07, 6.45) is 0. The number of nitrogens with one attached hydrogen (secondary N) is 2. The largest absolute Gasteiger partial charge is 0.456 e. The third kappa shape index (κ3) is 4.06. The molecule has 0 aromatic heterocycles. The lowest BCUT2D eigenvalue weighted by atomic mass is 9.77. The van der Waals surface area contributed by atoms with E-state index < -0.39 is 11.6 Å². The van der Waals surface area contributed by atoms with Crippen molar-refractivity contribution in [2.75, 3.05) is 28.6 Å². The van der Waals surface area contributed by atoms with Crippen LogP contribution in [-0.4, -0.2) is 19.1 Å². The summed E-state index contributed by atoms with van der Waals surface area (Å²) in [6.45, 7) is 6.20. The zero-order valence-electron chi connectivity index (χ0n) is 23.6. The molecule has 208 valence electrons. The summed E-state index contributed by atoms with van der Waals surface area (Å²) in [5.41, 5.74) is 6.14. The molecule has 2 heterocycles. The molecule has 5 aromatic rings. The number of para-hydroxylation sites is 3. The van der Waals surface area contributed by atoms with Gasteiger partial charge in [-0.05, 0) is 68.4 Å². The number of hydrogen-bond acceptors (Lipinski definition) is 6. The summed E-state index contributed by atoms with van der Waals surface area (Å²) >= 11 is 0. The number of nitrogens with zero attached hydrogens (tertiary/aromatic N) is 1. The molecule has 2 aliphatic rings. The minimum Gasteiger partial charge on any atom is -0.456 e. The fourth-order valence-electron chi connectivity index (χ4n) is 6.11. The standard InChI is InChI=1S/C36H31N3O3/c1-3-39(4-2)26-20-18-25(19-21-26)37-30-23-22-29-33(34(30)38-24-12-6-5-7-13-24)35(40)42-36(29)27-14-8-10-16-31(27)41-32-17-11-9-15-28(32)36/h5-23,37-38H,3-4H2,1-2H3. The first-order valence-electron chi connectivity index (χ1n) is 14.3.